The van der Waals surface area contributed by atoms with E-state index in [1.54, 1.807) is 0 Å². The molecule has 0 bridgehead atoms. The number of imide groups is 1. The molecule has 3 N–H and O–H groups in total. The van der Waals surface area contributed by atoms with Crippen molar-refractivity contribution in [2.24, 2.45) is 18.9 Å². The molecule has 4 aliphatic rings. The zero-order chi connectivity index (χ0) is 51.0. The molecule has 1 saturated carbocycles. The Hall–Kier alpha value is -7.17. The van der Waals surface area contributed by atoms with E-state index in [0.29, 0.717) is 66.3 Å². The number of imidazole rings is 1. The highest BCUT2D eigenvalue weighted by Crippen LogP contribution is 2.38. The van der Waals surface area contributed by atoms with Crippen molar-refractivity contribution in [1.29, 1.82) is 0 Å². The van der Waals surface area contributed by atoms with Crippen LogP contribution in [0.1, 0.15) is 107 Å². The van der Waals surface area contributed by atoms with Gasteiger partial charge in [0.25, 0.3) is 5.91 Å². The van der Waals surface area contributed by atoms with E-state index in [1.807, 2.05) is 91.9 Å². The number of ether oxygens (including phenoxy) is 1. The highest BCUT2D eigenvalue weighted by molar-refractivity contribution is 7.22. The van der Waals surface area contributed by atoms with Gasteiger partial charge in [-0.15, -0.1) is 0 Å². The Morgan fingerprint density at radius 3 is 2.45 bits per heavy atom. The molecule has 16 heteroatoms. The van der Waals surface area contributed by atoms with Gasteiger partial charge in [-0.05, 0) is 140 Å². The van der Waals surface area contributed by atoms with Crippen LogP contribution in [-0.4, -0.2) is 98.6 Å². The number of fused-ring (bicyclic) bond motifs is 3. The van der Waals surface area contributed by atoms with Gasteiger partial charge in [-0.25, -0.2) is 19.7 Å². The smallest absolute Gasteiger partial charge is 0.355 e. The number of hydrogen-bond acceptors (Lipinski definition) is 12. The van der Waals surface area contributed by atoms with Gasteiger partial charge in [-0.3, -0.25) is 29.9 Å². The van der Waals surface area contributed by atoms with Crippen LogP contribution in [0.2, 0.25) is 0 Å². The number of anilines is 3. The second-order valence-corrected chi connectivity index (χ2v) is 21.8. The number of piperazine rings is 1. The largest absolute Gasteiger partial charge is 0.490 e. The predicted molar refractivity (Wildman–Crippen MR) is 289 cm³/mol. The molecule has 74 heavy (non-hydrogen) atoms. The summed E-state index contributed by atoms with van der Waals surface area (Å²) in [6.45, 7) is 10.3. The maximum Gasteiger partial charge on any atom is 0.355 e. The number of para-hydroxylation sites is 1. The van der Waals surface area contributed by atoms with Crippen molar-refractivity contribution in [2.75, 3.05) is 54.4 Å². The summed E-state index contributed by atoms with van der Waals surface area (Å²) in [5, 5.41) is 16.6. The number of carbonyl (C=O) groups excluding carboxylic acids is 3. The van der Waals surface area contributed by atoms with Crippen LogP contribution in [0.25, 0.3) is 32.4 Å². The fraction of sp³-hybridized carbons (Fsp3) is 0.397. The Balaban J connectivity index is 0.658. The van der Waals surface area contributed by atoms with Crippen molar-refractivity contribution in [1.82, 2.24) is 29.7 Å². The number of carboxylic acid groups (broad SMARTS) is 1. The lowest BCUT2D eigenvalue weighted by atomic mass is 9.83. The van der Waals surface area contributed by atoms with Crippen LogP contribution in [0.15, 0.2) is 91.0 Å². The van der Waals surface area contributed by atoms with Gasteiger partial charge in [-0.2, -0.15) is 0 Å². The number of rotatable bonds is 14. The summed E-state index contributed by atoms with van der Waals surface area (Å²) in [6, 6.07) is 29.3. The van der Waals surface area contributed by atoms with Gasteiger partial charge < -0.3 is 24.2 Å². The second-order valence-electron chi connectivity index (χ2n) is 20.8. The maximum absolute atomic E-state index is 13.7. The SMILES string of the molecule is Cc1c(OC2CCC(CC[C@@H](C)CN3CCN(c4nc5cc(C6CCC(=O)NC6=O)ccc5n4C)CC3)CC2)cccc1-c1ccc(N2CCc3cccc(C(=O)Nc4nc5ccccc5s4)c3C2)nc1C(=O)O. The average molecular weight is 1010 g/mol. The van der Waals surface area contributed by atoms with Crippen LogP contribution in [0.3, 0.4) is 0 Å². The molecule has 2 atom stereocenters. The summed E-state index contributed by atoms with van der Waals surface area (Å²) >= 11 is 1.44. The normalized spacial score (nSPS) is 19.9. The van der Waals surface area contributed by atoms with E-state index in [4.69, 9.17) is 14.7 Å². The summed E-state index contributed by atoms with van der Waals surface area (Å²) < 4.78 is 9.86. The molecule has 382 valence electrons. The van der Waals surface area contributed by atoms with E-state index in [0.717, 1.165) is 119 Å². The lowest BCUT2D eigenvalue weighted by Gasteiger charge is -2.36. The van der Waals surface area contributed by atoms with Gasteiger partial charge >= 0.3 is 5.97 Å². The first-order valence-electron chi connectivity index (χ1n) is 26.2. The Bertz CT molecular complexity index is 3250. The minimum atomic E-state index is -1.10. The highest BCUT2D eigenvalue weighted by Gasteiger charge is 2.31. The summed E-state index contributed by atoms with van der Waals surface area (Å²) in [5.41, 5.74) is 8.42. The fourth-order valence-corrected chi connectivity index (χ4v) is 12.6. The second kappa shape index (κ2) is 21.0. The molecule has 2 saturated heterocycles. The van der Waals surface area contributed by atoms with Gasteiger partial charge in [0, 0.05) is 70.4 Å². The van der Waals surface area contributed by atoms with Gasteiger partial charge in [0.1, 0.15) is 11.6 Å². The lowest BCUT2D eigenvalue weighted by Crippen LogP contribution is -2.48. The van der Waals surface area contributed by atoms with E-state index in [1.165, 1.54) is 24.2 Å². The van der Waals surface area contributed by atoms with Gasteiger partial charge in [0.05, 0.1) is 33.3 Å². The molecule has 1 unspecified atom stereocenters. The third-order valence-electron chi connectivity index (χ3n) is 15.9. The van der Waals surface area contributed by atoms with Crippen LogP contribution < -0.4 is 25.2 Å². The number of nitrogens with zero attached hydrogens (tertiary/aromatic N) is 7. The highest BCUT2D eigenvalue weighted by atomic mass is 32.1. The van der Waals surface area contributed by atoms with Crippen molar-refractivity contribution in [3.05, 3.63) is 125 Å². The monoisotopic (exact) mass is 1010 g/mol. The lowest BCUT2D eigenvalue weighted by molar-refractivity contribution is -0.134. The molecule has 3 fully saturated rings. The van der Waals surface area contributed by atoms with Crippen LogP contribution >= 0.6 is 11.3 Å². The molecule has 0 radical (unpaired) electrons. The quantitative estimate of drug-likeness (QED) is 0.0882. The molecular weight excluding hydrogens is 951 g/mol. The van der Waals surface area contributed by atoms with Gasteiger partial charge in [-0.1, -0.05) is 67.1 Å². The predicted octanol–water partition coefficient (Wildman–Crippen LogP) is 9.76. The molecule has 3 amide bonds. The van der Waals surface area contributed by atoms with E-state index in [-0.39, 0.29) is 35.4 Å². The summed E-state index contributed by atoms with van der Waals surface area (Å²) in [6.07, 6.45) is 8.34. The van der Waals surface area contributed by atoms with Crippen LogP contribution in [-0.2, 0) is 29.6 Å². The molecule has 4 aromatic carbocycles. The summed E-state index contributed by atoms with van der Waals surface area (Å²) in [4.78, 5) is 72.2. The number of piperidine rings is 1. The van der Waals surface area contributed by atoms with Gasteiger partial charge in [0.15, 0.2) is 10.8 Å². The third-order valence-corrected chi connectivity index (χ3v) is 16.9. The molecule has 6 heterocycles. The molecule has 0 spiro atoms. The van der Waals surface area contributed by atoms with Crippen LogP contribution in [0, 0.1) is 18.8 Å². The van der Waals surface area contributed by atoms with Crippen molar-refractivity contribution in [3.63, 3.8) is 0 Å². The molecule has 11 rings (SSSR count). The number of amides is 3. The first-order valence-corrected chi connectivity index (χ1v) is 27.0. The zero-order valence-corrected chi connectivity index (χ0v) is 43.1. The van der Waals surface area contributed by atoms with Gasteiger partial charge in [0.2, 0.25) is 17.8 Å². The summed E-state index contributed by atoms with van der Waals surface area (Å²) in [5.74, 6) is 1.48. The van der Waals surface area contributed by atoms with E-state index < -0.39 is 5.97 Å². The zero-order valence-electron chi connectivity index (χ0n) is 42.3. The molecule has 3 aliphatic heterocycles. The third kappa shape index (κ3) is 10.2. The Morgan fingerprint density at radius 2 is 1.65 bits per heavy atom. The number of aryl methyl sites for hydroxylation is 1. The fourth-order valence-electron chi connectivity index (χ4n) is 11.7. The first-order chi connectivity index (χ1) is 35.9. The van der Waals surface area contributed by atoms with Crippen molar-refractivity contribution < 1.29 is 29.0 Å². The molecular formula is C58H63N9O6S. The Kier molecular flexibility index (Phi) is 13.9. The number of thiazole rings is 1. The topological polar surface area (TPSA) is 175 Å². The molecule has 7 aromatic rings. The number of benzene rings is 4. The van der Waals surface area contributed by atoms with Crippen LogP contribution in [0.5, 0.6) is 5.75 Å². The minimum Gasteiger partial charge on any atom is -0.490 e. The average Bonchev–Trinajstić information content (AvgIpc) is 3.98. The van der Waals surface area contributed by atoms with E-state index in [9.17, 15) is 24.3 Å². The van der Waals surface area contributed by atoms with Crippen molar-refractivity contribution in [3.8, 4) is 16.9 Å². The standard InChI is InChI=1S/C58H63N9O6S/c1-35(33-65-28-30-66(31-29-65)58-60-47-32-39(18-23-48(47)64(58)3)42-22-25-52(68)62-54(42)69)14-15-37-16-19-40(20-17-37)73-49-12-7-9-41(36(49)2)43-21-24-51(61-53(43)56(71)72)67-27-26-38-8-6-10-44(45(38)34-67)55(70)63-57-59-46-11-4-5-13-50(46)74-57/h4-13,18,21,23-24,32,35,37,40,42H,14-17,19-20,22,25-31,33-34H2,1-3H3,(H,71,72)(H,59,63,70)(H,62,68,69)/t35-,37?,40?,42?/m1/s1. The minimum absolute atomic E-state index is 0.0183. The number of aromatic nitrogens is 4. The van der Waals surface area contributed by atoms with E-state index >= 15 is 0 Å². The van der Waals surface area contributed by atoms with Crippen molar-refractivity contribution >= 4 is 73.2 Å². The maximum atomic E-state index is 13.7. The molecule has 3 aromatic heterocycles. The number of carbonyl (C=O) groups is 4. The summed E-state index contributed by atoms with van der Waals surface area (Å²) in [7, 11) is 2.06. The molecule has 15 nitrogen and oxygen atoms in total. The van der Waals surface area contributed by atoms with Crippen molar-refractivity contribution in [2.45, 2.75) is 90.2 Å². The number of nitrogens with one attached hydrogen (secondary N) is 2. The number of pyridine rings is 1. The number of aromatic carboxylic acids is 1. The number of carboxylic acids is 1. The Morgan fingerprint density at radius 1 is 0.838 bits per heavy atom. The van der Waals surface area contributed by atoms with Crippen LogP contribution in [0.4, 0.5) is 16.9 Å². The Labute approximate surface area is 435 Å². The van der Waals surface area contributed by atoms with E-state index in [2.05, 4.69) is 54.9 Å². The number of hydrogen-bond donors (Lipinski definition) is 3. The first kappa shape index (κ1) is 49.1. The molecule has 1 aliphatic carbocycles.